The van der Waals surface area contributed by atoms with Crippen molar-refractivity contribution in [1.29, 1.82) is 0 Å². The first kappa shape index (κ1) is 20.3. The highest BCUT2D eigenvalue weighted by Gasteiger charge is 2.20. The highest BCUT2D eigenvalue weighted by molar-refractivity contribution is 5.84. The van der Waals surface area contributed by atoms with Crippen LogP contribution in [0.2, 0.25) is 0 Å². The molecule has 2 aromatic rings. The van der Waals surface area contributed by atoms with Crippen LogP contribution < -0.4 is 10.1 Å². The lowest BCUT2D eigenvalue weighted by Gasteiger charge is -2.16. The van der Waals surface area contributed by atoms with E-state index in [1.807, 2.05) is 6.07 Å². The zero-order chi connectivity index (χ0) is 19.2. The molecule has 1 aromatic heterocycles. The number of rotatable bonds is 9. The van der Waals surface area contributed by atoms with Crippen LogP contribution in [-0.2, 0) is 17.6 Å². The third-order valence-corrected chi connectivity index (χ3v) is 4.31. The van der Waals surface area contributed by atoms with E-state index in [2.05, 4.69) is 44.2 Å². The Balaban J connectivity index is 2.12. The van der Waals surface area contributed by atoms with Gasteiger partial charge in [-0.05, 0) is 43.2 Å². The summed E-state index contributed by atoms with van der Waals surface area (Å²) in [6.45, 7) is 9.37. The zero-order valence-electron chi connectivity index (χ0n) is 16.8. The second kappa shape index (κ2) is 9.06. The van der Waals surface area contributed by atoms with Gasteiger partial charge in [-0.1, -0.05) is 39.3 Å². The van der Waals surface area contributed by atoms with Gasteiger partial charge in [-0.2, -0.15) is 0 Å². The van der Waals surface area contributed by atoms with E-state index in [4.69, 9.17) is 9.26 Å². The number of amides is 1. The van der Waals surface area contributed by atoms with Crippen LogP contribution in [0.3, 0.4) is 0 Å². The van der Waals surface area contributed by atoms with Gasteiger partial charge in [0.1, 0.15) is 5.75 Å². The van der Waals surface area contributed by atoms with E-state index in [1.165, 1.54) is 0 Å². The van der Waals surface area contributed by atoms with Crippen molar-refractivity contribution >= 4 is 16.9 Å². The van der Waals surface area contributed by atoms with E-state index in [1.54, 1.807) is 7.05 Å². The lowest BCUT2D eigenvalue weighted by atomic mass is 9.89. The molecule has 0 saturated heterocycles. The van der Waals surface area contributed by atoms with Crippen molar-refractivity contribution in [2.45, 2.75) is 66.2 Å². The summed E-state index contributed by atoms with van der Waals surface area (Å²) in [6, 6.07) is 4.10. The van der Waals surface area contributed by atoms with Crippen molar-refractivity contribution in [2.24, 2.45) is 5.41 Å². The van der Waals surface area contributed by atoms with Crippen molar-refractivity contribution in [1.82, 2.24) is 10.5 Å². The number of unbranched alkanes of at least 4 members (excludes halogenated alkanes) is 1. The van der Waals surface area contributed by atoms with Gasteiger partial charge in [-0.3, -0.25) is 4.79 Å². The number of nitrogens with one attached hydrogen (secondary N) is 1. The number of hydrogen-bond acceptors (Lipinski definition) is 4. The van der Waals surface area contributed by atoms with Gasteiger partial charge in [0.2, 0.25) is 5.91 Å². The maximum absolute atomic E-state index is 11.3. The summed E-state index contributed by atoms with van der Waals surface area (Å²) in [5, 5.41) is 8.06. The van der Waals surface area contributed by atoms with Crippen molar-refractivity contribution in [2.75, 3.05) is 13.7 Å². The summed E-state index contributed by atoms with van der Waals surface area (Å²) < 4.78 is 11.7. The molecular weight excluding hydrogens is 328 g/mol. The van der Waals surface area contributed by atoms with Gasteiger partial charge >= 0.3 is 0 Å². The van der Waals surface area contributed by atoms with Crippen molar-refractivity contribution < 1.29 is 14.1 Å². The van der Waals surface area contributed by atoms with Crippen molar-refractivity contribution in [3.8, 4) is 5.75 Å². The molecule has 2 rings (SSSR count). The molecule has 0 unspecified atom stereocenters. The fourth-order valence-electron chi connectivity index (χ4n) is 3.04. The van der Waals surface area contributed by atoms with Gasteiger partial charge in [0.05, 0.1) is 12.3 Å². The Hall–Kier alpha value is -2.04. The largest absolute Gasteiger partial charge is 0.493 e. The van der Waals surface area contributed by atoms with Crippen LogP contribution in [0.4, 0.5) is 0 Å². The average molecular weight is 360 g/mol. The number of aromatic nitrogens is 1. The lowest BCUT2D eigenvalue weighted by molar-refractivity contribution is -0.120. The number of nitrogens with zero attached hydrogens (tertiary/aromatic N) is 1. The minimum Gasteiger partial charge on any atom is -0.493 e. The van der Waals surface area contributed by atoms with Crippen LogP contribution in [0.1, 0.15) is 64.6 Å². The summed E-state index contributed by atoms with van der Waals surface area (Å²) >= 11 is 0. The monoisotopic (exact) mass is 360 g/mol. The molecule has 0 aliphatic rings. The number of ether oxygens (including phenoxy) is 1. The van der Waals surface area contributed by atoms with E-state index in [0.717, 1.165) is 60.1 Å². The number of hydrogen-bond donors (Lipinski definition) is 1. The second-order valence-corrected chi connectivity index (χ2v) is 8.01. The molecule has 1 aromatic carbocycles. The number of benzene rings is 1. The Morgan fingerprint density at radius 2 is 2.04 bits per heavy atom. The Kier molecular flexibility index (Phi) is 7.06. The fourth-order valence-corrected chi connectivity index (χ4v) is 3.04. The zero-order valence-corrected chi connectivity index (χ0v) is 16.8. The maximum atomic E-state index is 11.3. The molecule has 0 radical (unpaired) electrons. The minimum absolute atomic E-state index is 0.0751. The molecule has 26 heavy (non-hydrogen) atoms. The van der Waals surface area contributed by atoms with Gasteiger partial charge in [0, 0.05) is 24.4 Å². The van der Waals surface area contributed by atoms with Crippen LogP contribution in [0, 0.1) is 5.41 Å². The van der Waals surface area contributed by atoms with E-state index in [-0.39, 0.29) is 11.3 Å². The quantitative estimate of drug-likeness (QED) is 0.660. The molecule has 5 nitrogen and oxygen atoms in total. The molecule has 0 fully saturated rings. The van der Waals surface area contributed by atoms with Gasteiger partial charge in [-0.25, -0.2) is 0 Å². The summed E-state index contributed by atoms with van der Waals surface area (Å²) in [4.78, 5) is 11.3. The molecule has 0 aliphatic heterocycles. The molecule has 144 valence electrons. The number of fused-ring (bicyclic) bond motifs is 1. The van der Waals surface area contributed by atoms with Gasteiger partial charge in [0.15, 0.2) is 5.58 Å². The van der Waals surface area contributed by atoms with E-state index >= 15 is 0 Å². The van der Waals surface area contributed by atoms with Gasteiger partial charge < -0.3 is 14.6 Å². The SMILES string of the molecule is CCCc1c(OCCCCC(=O)NC)ccc2c(CC(C)(C)C)noc12. The normalized spacial score (nSPS) is 11.7. The Labute approximate surface area is 156 Å². The first-order chi connectivity index (χ1) is 12.4. The predicted octanol–water partition coefficient (Wildman–Crippen LogP) is 4.66. The number of aryl methyl sites for hydroxylation is 1. The predicted molar refractivity (Wildman–Crippen MR) is 105 cm³/mol. The molecular formula is C21H32N2O3. The molecule has 0 bridgehead atoms. The topological polar surface area (TPSA) is 64.4 Å². The number of carbonyl (C=O) groups excluding carboxylic acids is 1. The first-order valence-electron chi connectivity index (χ1n) is 9.59. The molecule has 1 N–H and O–H groups in total. The maximum Gasteiger partial charge on any atom is 0.219 e. The third-order valence-electron chi connectivity index (χ3n) is 4.31. The van der Waals surface area contributed by atoms with Crippen LogP contribution >= 0.6 is 0 Å². The van der Waals surface area contributed by atoms with Crippen molar-refractivity contribution in [3.63, 3.8) is 0 Å². The number of carbonyl (C=O) groups is 1. The Bertz CT molecular complexity index is 729. The third kappa shape index (κ3) is 5.48. The average Bonchev–Trinajstić information content (AvgIpc) is 2.97. The molecule has 0 atom stereocenters. The van der Waals surface area contributed by atoms with E-state index < -0.39 is 0 Å². The standard InChI is InChI=1S/C21H32N2O3/c1-6-9-16-18(25-13-8-7-10-19(24)22-5)12-11-15-17(14-21(2,3)4)23-26-20(15)16/h11-12H,6-10,13-14H2,1-5H3,(H,22,24). The highest BCUT2D eigenvalue weighted by atomic mass is 16.5. The lowest BCUT2D eigenvalue weighted by Crippen LogP contribution is -2.17. The smallest absolute Gasteiger partial charge is 0.219 e. The molecule has 0 aliphatic carbocycles. The van der Waals surface area contributed by atoms with Crippen LogP contribution in [0.5, 0.6) is 5.75 Å². The molecule has 5 heteroatoms. The van der Waals surface area contributed by atoms with Crippen molar-refractivity contribution in [3.05, 3.63) is 23.4 Å². The van der Waals surface area contributed by atoms with Gasteiger partial charge in [0.25, 0.3) is 0 Å². The minimum atomic E-state index is 0.0751. The fraction of sp³-hybridized carbons (Fsp3) is 0.619. The summed E-state index contributed by atoms with van der Waals surface area (Å²) in [7, 11) is 1.66. The molecule has 0 spiro atoms. The second-order valence-electron chi connectivity index (χ2n) is 8.01. The molecule has 1 amide bonds. The van der Waals surface area contributed by atoms with Crippen LogP contribution in [-0.4, -0.2) is 24.7 Å². The van der Waals surface area contributed by atoms with E-state index in [9.17, 15) is 4.79 Å². The van der Waals surface area contributed by atoms with Gasteiger partial charge in [-0.15, -0.1) is 0 Å². The summed E-state index contributed by atoms with van der Waals surface area (Å²) in [5.41, 5.74) is 3.13. The highest BCUT2D eigenvalue weighted by Crippen LogP contribution is 2.33. The Morgan fingerprint density at radius 3 is 2.69 bits per heavy atom. The van der Waals surface area contributed by atoms with Crippen LogP contribution in [0.15, 0.2) is 16.7 Å². The van der Waals surface area contributed by atoms with E-state index in [0.29, 0.717) is 13.0 Å². The summed E-state index contributed by atoms with van der Waals surface area (Å²) in [6.07, 6.45) is 5.01. The molecule has 1 heterocycles. The van der Waals surface area contributed by atoms with Crippen LogP contribution in [0.25, 0.3) is 11.0 Å². The Morgan fingerprint density at radius 1 is 1.27 bits per heavy atom. The summed E-state index contributed by atoms with van der Waals surface area (Å²) in [5.74, 6) is 0.948. The molecule has 0 saturated carbocycles. The first-order valence-corrected chi connectivity index (χ1v) is 9.59.